The van der Waals surface area contributed by atoms with Crippen molar-refractivity contribution in [1.29, 1.82) is 0 Å². The molecule has 1 fully saturated rings. The normalized spacial score (nSPS) is 18.8. The lowest BCUT2D eigenvalue weighted by molar-refractivity contribution is -0.0114. The molecular formula is C14H20O2. The van der Waals surface area contributed by atoms with E-state index in [0.717, 1.165) is 6.42 Å². The summed E-state index contributed by atoms with van der Waals surface area (Å²) >= 11 is 0. The molecule has 1 N–H and O–H groups in total. The van der Waals surface area contributed by atoms with Crippen molar-refractivity contribution in [2.75, 3.05) is 0 Å². The van der Waals surface area contributed by atoms with Crippen molar-refractivity contribution < 1.29 is 9.84 Å². The molecule has 0 heterocycles. The molecule has 1 aromatic carbocycles. The molecule has 1 unspecified atom stereocenters. The van der Waals surface area contributed by atoms with Gasteiger partial charge in [-0.2, -0.15) is 0 Å². The molecule has 0 radical (unpaired) electrons. The number of aromatic hydroxyl groups is 1. The van der Waals surface area contributed by atoms with Gasteiger partial charge in [0.1, 0.15) is 5.75 Å². The Morgan fingerprint density at radius 1 is 1.25 bits per heavy atom. The molecule has 0 aromatic heterocycles. The van der Waals surface area contributed by atoms with Gasteiger partial charge in [0.05, 0.1) is 12.2 Å². The molecule has 1 saturated carbocycles. The number of phenols is 1. The summed E-state index contributed by atoms with van der Waals surface area (Å²) in [6.07, 6.45) is 6.63. The lowest BCUT2D eigenvalue weighted by Gasteiger charge is -2.21. The van der Waals surface area contributed by atoms with Crippen molar-refractivity contribution in [2.45, 2.75) is 51.2 Å². The number of ether oxygens (including phenoxy) is 1. The molecule has 2 rings (SSSR count). The highest BCUT2D eigenvalue weighted by Gasteiger charge is 2.20. The van der Waals surface area contributed by atoms with E-state index in [0.29, 0.717) is 11.9 Å². The van der Waals surface area contributed by atoms with E-state index in [-0.39, 0.29) is 6.10 Å². The van der Waals surface area contributed by atoms with Crippen LogP contribution in [0.15, 0.2) is 24.3 Å². The SMILES string of the molecule is CCC(OC1CCCC1)c1ccc(O)cc1. The van der Waals surface area contributed by atoms with Crippen molar-refractivity contribution in [3.8, 4) is 5.75 Å². The first-order valence-electron chi connectivity index (χ1n) is 6.24. The van der Waals surface area contributed by atoms with E-state index in [1.807, 2.05) is 12.1 Å². The molecule has 1 atom stereocenters. The fourth-order valence-corrected chi connectivity index (χ4v) is 2.36. The molecule has 1 aliphatic carbocycles. The zero-order valence-electron chi connectivity index (χ0n) is 9.86. The first-order valence-corrected chi connectivity index (χ1v) is 6.24. The predicted octanol–water partition coefficient (Wildman–Crippen LogP) is 3.80. The minimum atomic E-state index is 0.184. The van der Waals surface area contributed by atoms with Gasteiger partial charge in [0.2, 0.25) is 0 Å². The first-order chi connectivity index (χ1) is 7.79. The number of rotatable bonds is 4. The Bertz CT molecular complexity index is 312. The van der Waals surface area contributed by atoms with Gasteiger partial charge in [0.15, 0.2) is 0 Å². The summed E-state index contributed by atoms with van der Waals surface area (Å²) in [5, 5.41) is 9.25. The minimum absolute atomic E-state index is 0.184. The van der Waals surface area contributed by atoms with Crippen molar-refractivity contribution >= 4 is 0 Å². The van der Waals surface area contributed by atoms with Crippen LogP contribution >= 0.6 is 0 Å². The molecule has 1 aromatic rings. The summed E-state index contributed by atoms with van der Waals surface area (Å²) in [7, 11) is 0. The second-order valence-corrected chi connectivity index (χ2v) is 4.53. The van der Waals surface area contributed by atoms with Gasteiger partial charge in [-0.3, -0.25) is 0 Å². The Balaban J connectivity index is 2.00. The quantitative estimate of drug-likeness (QED) is 0.836. The van der Waals surface area contributed by atoms with E-state index in [9.17, 15) is 5.11 Å². The van der Waals surface area contributed by atoms with Crippen LogP contribution < -0.4 is 0 Å². The Hall–Kier alpha value is -1.02. The van der Waals surface area contributed by atoms with E-state index >= 15 is 0 Å². The van der Waals surface area contributed by atoms with Crippen molar-refractivity contribution in [3.63, 3.8) is 0 Å². The highest BCUT2D eigenvalue weighted by molar-refractivity contribution is 5.27. The zero-order chi connectivity index (χ0) is 11.4. The third-order valence-electron chi connectivity index (χ3n) is 3.29. The van der Waals surface area contributed by atoms with E-state index in [1.165, 1.54) is 31.2 Å². The molecule has 1 aliphatic rings. The summed E-state index contributed by atoms with van der Waals surface area (Å²) in [5.74, 6) is 0.319. The average molecular weight is 220 g/mol. The molecule has 2 heteroatoms. The van der Waals surface area contributed by atoms with Crippen LogP contribution in [0.1, 0.15) is 50.7 Å². The lowest BCUT2D eigenvalue weighted by atomic mass is 10.1. The Kier molecular flexibility index (Phi) is 3.83. The summed E-state index contributed by atoms with van der Waals surface area (Å²) in [6.45, 7) is 2.15. The molecule has 16 heavy (non-hydrogen) atoms. The molecule has 0 spiro atoms. The highest BCUT2D eigenvalue weighted by atomic mass is 16.5. The van der Waals surface area contributed by atoms with Crippen LogP contribution in [0.4, 0.5) is 0 Å². The molecule has 0 bridgehead atoms. The summed E-state index contributed by atoms with van der Waals surface area (Å²) in [5.41, 5.74) is 1.17. The molecule has 88 valence electrons. The van der Waals surface area contributed by atoms with Gasteiger partial charge in [-0.15, -0.1) is 0 Å². The second-order valence-electron chi connectivity index (χ2n) is 4.53. The van der Waals surface area contributed by atoms with Crippen molar-refractivity contribution in [3.05, 3.63) is 29.8 Å². The largest absolute Gasteiger partial charge is 0.508 e. The van der Waals surface area contributed by atoms with Gasteiger partial charge >= 0.3 is 0 Å². The van der Waals surface area contributed by atoms with Gasteiger partial charge in [0.25, 0.3) is 0 Å². The summed E-state index contributed by atoms with van der Waals surface area (Å²) in [6, 6.07) is 7.38. The maximum Gasteiger partial charge on any atom is 0.115 e. The Morgan fingerprint density at radius 3 is 2.44 bits per heavy atom. The van der Waals surface area contributed by atoms with E-state index in [1.54, 1.807) is 12.1 Å². The highest BCUT2D eigenvalue weighted by Crippen LogP contribution is 2.30. The van der Waals surface area contributed by atoms with Crippen LogP contribution in [0.2, 0.25) is 0 Å². The van der Waals surface area contributed by atoms with Crippen LogP contribution in [-0.2, 0) is 4.74 Å². The fraction of sp³-hybridized carbons (Fsp3) is 0.571. The van der Waals surface area contributed by atoms with Crippen LogP contribution in [0.5, 0.6) is 5.75 Å². The topological polar surface area (TPSA) is 29.5 Å². The van der Waals surface area contributed by atoms with Crippen molar-refractivity contribution in [2.24, 2.45) is 0 Å². The minimum Gasteiger partial charge on any atom is -0.508 e. The summed E-state index contributed by atoms with van der Waals surface area (Å²) < 4.78 is 6.10. The molecular weight excluding hydrogens is 200 g/mol. The van der Waals surface area contributed by atoms with E-state index in [2.05, 4.69) is 6.92 Å². The standard InChI is InChI=1S/C14H20O2/c1-2-14(16-13-5-3-4-6-13)11-7-9-12(15)10-8-11/h7-10,13-15H,2-6H2,1H3. The first kappa shape index (κ1) is 11.5. The molecule has 0 aliphatic heterocycles. The maximum atomic E-state index is 9.25. The van der Waals surface area contributed by atoms with Gasteiger partial charge < -0.3 is 9.84 Å². The number of benzene rings is 1. The van der Waals surface area contributed by atoms with Gasteiger partial charge in [-0.25, -0.2) is 0 Å². The van der Waals surface area contributed by atoms with Gasteiger partial charge in [0, 0.05) is 0 Å². The van der Waals surface area contributed by atoms with Crippen LogP contribution in [0.3, 0.4) is 0 Å². The van der Waals surface area contributed by atoms with E-state index in [4.69, 9.17) is 4.74 Å². The average Bonchev–Trinajstić information content (AvgIpc) is 2.80. The Morgan fingerprint density at radius 2 is 1.88 bits per heavy atom. The van der Waals surface area contributed by atoms with Crippen LogP contribution in [0.25, 0.3) is 0 Å². The molecule has 0 saturated heterocycles. The van der Waals surface area contributed by atoms with E-state index < -0.39 is 0 Å². The fourth-order valence-electron chi connectivity index (χ4n) is 2.36. The Labute approximate surface area is 97.3 Å². The van der Waals surface area contributed by atoms with Crippen LogP contribution in [-0.4, -0.2) is 11.2 Å². The van der Waals surface area contributed by atoms with Gasteiger partial charge in [-0.05, 0) is 37.0 Å². The zero-order valence-corrected chi connectivity index (χ0v) is 9.86. The summed E-state index contributed by atoms with van der Waals surface area (Å²) in [4.78, 5) is 0. The number of hydrogen-bond donors (Lipinski definition) is 1. The van der Waals surface area contributed by atoms with Crippen molar-refractivity contribution in [1.82, 2.24) is 0 Å². The molecule has 0 amide bonds. The van der Waals surface area contributed by atoms with Gasteiger partial charge in [-0.1, -0.05) is 31.9 Å². The maximum absolute atomic E-state index is 9.25. The van der Waals surface area contributed by atoms with Crippen LogP contribution in [0, 0.1) is 0 Å². The monoisotopic (exact) mass is 220 g/mol. The lowest BCUT2D eigenvalue weighted by Crippen LogP contribution is -2.12. The second kappa shape index (κ2) is 5.35. The predicted molar refractivity (Wildman–Crippen MR) is 64.5 cm³/mol. The third kappa shape index (κ3) is 2.76. The third-order valence-corrected chi connectivity index (χ3v) is 3.29. The number of phenolic OH excluding ortho intramolecular Hbond substituents is 1. The number of hydrogen-bond acceptors (Lipinski definition) is 2. The smallest absolute Gasteiger partial charge is 0.115 e. The molecule has 2 nitrogen and oxygen atoms in total.